The van der Waals surface area contributed by atoms with Gasteiger partial charge in [-0.1, -0.05) is 19.9 Å². The van der Waals surface area contributed by atoms with Crippen molar-refractivity contribution < 1.29 is 9.53 Å². The Morgan fingerprint density at radius 2 is 2.00 bits per heavy atom. The molecule has 0 saturated carbocycles. The van der Waals surface area contributed by atoms with Crippen molar-refractivity contribution in [2.24, 2.45) is 0 Å². The van der Waals surface area contributed by atoms with Crippen molar-refractivity contribution >= 4 is 6.29 Å². The van der Waals surface area contributed by atoms with Crippen LogP contribution in [0.25, 0.3) is 0 Å². The van der Waals surface area contributed by atoms with Crippen LogP contribution in [-0.2, 0) is 0 Å². The Bertz CT molecular complexity index is 356. The second-order valence-corrected chi connectivity index (χ2v) is 4.39. The Morgan fingerprint density at radius 3 is 2.50 bits per heavy atom. The molecule has 0 aliphatic carbocycles. The van der Waals surface area contributed by atoms with Crippen LogP contribution < -0.4 is 4.74 Å². The van der Waals surface area contributed by atoms with E-state index in [4.69, 9.17) is 4.74 Å². The summed E-state index contributed by atoms with van der Waals surface area (Å²) in [4.78, 5) is 11.0. The van der Waals surface area contributed by atoms with Crippen LogP contribution in [0.1, 0.15) is 56.0 Å². The topological polar surface area (TPSA) is 26.3 Å². The number of ether oxygens (including phenoxy) is 1. The number of aldehydes is 1. The van der Waals surface area contributed by atoms with Crippen LogP contribution in [0.15, 0.2) is 18.2 Å². The van der Waals surface area contributed by atoms with Gasteiger partial charge in [-0.25, -0.2) is 0 Å². The molecule has 1 unspecified atom stereocenters. The highest BCUT2D eigenvalue weighted by molar-refractivity contribution is 5.79. The standard InChI is InChI=1S/C14H20O2/c1-5-11(4)12-6-7-14(16-10(2)3)13(8-12)9-15/h6-11H,5H2,1-4H3. The predicted octanol–water partition coefficient (Wildman–Crippen LogP) is 3.80. The van der Waals surface area contributed by atoms with Gasteiger partial charge in [0.2, 0.25) is 0 Å². The van der Waals surface area contributed by atoms with E-state index in [1.807, 2.05) is 32.0 Å². The zero-order valence-corrected chi connectivity index (χ0v) is 10.5. The first-order valence-corrected chi connectivity index (χ1v) is 5.84. The van der Waals surface area contributed by atoms with Gasteiger partial charge in [-0.2, -0.15) is 0 Å². The van der Waals surface area contributed by atoms with Crippen molar-refractivity contribution in [3.8, 4) is 5.75 Å². The van der Waals surface area contributed by atoms with Gasteiger partial charge in [-0.05, 0) is 43.9 Å². The average Bonchev–Trinajstić information content (AvgIpc) is 2.27. The third kappa shape index (κ3) is 3.09. The predicted molar refractivity (Wildman–Crippen MR) is 66.3 cm³/mol. The normalized spacial score (nSPS) is 12.6. The van der Waals surface area contributed by atoms with E-state index in [9.17, 15) is 4.79 Å². The third-order valence-corrected chi connectivity index (χ3v) is 2.70. The van der Waals surface area contributed by atoms with Crippen LogP contribution in [0.4, 0.5) is 0 Å². The molecule has 1 aromatic carbocycles. The van der Waals surface area contributed by atoms with Gasteiger partial charge in [0.05, 0.1) is 11.7 Å². The Labute approximate surface area is 97.6 Å². The number of hydrogen-bond acceptors (Lipinski definition) is 2. The summed E-state index contributed by atoms with van der Waals surface area (Å²) in [5.74, 6) is 1.16. The molecule has 0 aliphatic heterocycles. The maximum atomic E-state index is 11.0. The molecule has 2 heteroatoms. The van der Waals surface area contributed by atoms with Crippen LogP contribution in [0.3, 0.4) is 0 Å². The number of rotatable bonds is 5. The van der Waals surface area contributed by atoms with Gasteiger partial charge in [0, 0.05) is 0 Å². The lowest BCUT2D eigenvalue weighted by Crippen LogP contribution is -2.07. The molecule has 0 radical (unpaired) electrons. The fraction of sp³-hybridized carbons (Fsp3) is 0.500. The highest BCUT2D eigenvalue weighted by atomic mass is 16.5. The largest absolute Gasteiger partial charge is 0.490 e. The van der Waals surface area contributed by atoms with Crippen molar-refractivity contribution in [2.45, 2.75) is 46.1 Å². The number of carbonyl (C=O) groups excluding carboxylic acids is 1. The van der Waals surface area contributed by atoms with Gasteiger partial charge in [0.15, 0.2) is 6.29 Å². The maximum Gasteiger partial charge on any atom is 0.153 e. The van der Waals surface area contributed by atoms with Crippen LogP contribution in [0.5, 0.6) is 5.75 Å². The first-order valence-electron chi connectivity index (χ1n) is 5.84. The Morgan fingerprint density at radius 1 is 1.31 bits per heavy atom. The van der Waals surface area contributed by atoms with Crippen molar-refractivity contribution in [2.75, 3.05) is 0 Å². The summed E-state index contributed by atoms with van der Waals surface area (Å²) < 4.78 is 5.57. The van der Waals surface area contributed by atoms with Gasteiger partial charge in [0.25, 0.3) is 0 Å². The zero-order valence-electron chi connectivity index (χ0n) is 10.5. The summed E-state index contributed by atoms with van der Waals surface area (Å²) in [5.41, 5.74) is 1.84. The molecule has 2 nitrogen and oxygen atoms in total. The van der Waals surface area contributed by atoms with Crippen LogP contribution in [-0.4, -0.2) is 12.4 Å². The van der Waals surface area contributed by atoms with Crippen molar-refractivity contribution in [1.29, 1.82) is 0 Å². The second-order valence-electron chi connectivity index (χ2n) is 4.39. The molecular weight excluding hydrogens is 200 g/mol. The van der Waals surface area contributed by atoms with E-state index in [1.54, 1.807) is 0 Å². The first-order chi connectivity index (χ1) is 7.58. The number of carbonyl (C=O) groups is 1. The summed E-state index contributed by atoms with van der Waals surface area (Å²) >= 11 is 0. The fourth-order valence-corrected chi connectivity index (χ4v) is 1.56. The lowest BCUT2D eigenvalue weighted by atomic mass is 9.97. The van der Waals surface area contributed by atoms with Crippen LogP contribution in [0, 0.1) is 0 Å². The summed E-state index contributed by atoms with van der Waals surface area (Å²) in [7, 11) is 0. The molecule has 0 aromatic heterocycles. The summed E-state index contributed by atoms with van der Waals surface area (Å²) in [5, 5.41) is 0. The molecule has 1 rings (SSSR count). The maximum absolute atomic E-state index is 11.0. The smallest absolute Gasteiger partial charge is 0.153 e. The van der Waals surface area contributed by atoms with Gasteiger partial charge < -0.3 is 4.74 Å². The lowest BCUT2D eigenvalue weighted by molar-refractivity contribution is 0.111. The molecular formula is C14H20O2. The molecule has 0 fully saturated rings. The lowest BCUT2D eigenvalue weighted by Gasteiger charge is -2.14. The summed E-state index contributed by atoms with van der Waals surface area (Å²) in [6.45, 7) is 8.21. The molecule has 0 saturated heterocycles. The van der Waals surface area contributed by atoms with Crippen molar-refractivity contribution in [1.82, 2.24) is 0 Å². The van der Waals surface area contributed by atoms with Gasteiger partial charge in [-0.15, -0.1) is 0 Å². The minimum absolute atomic E-state index is 0.0909. The summed E-state index contributed by atoms with van der Waals surface area (Å²) in [6, 6.07) is 5.86. The third-order valence-electron chi connectivity index (χ3n) is 2.70. The molecule has 0 N–H and O–H groups in total. The minimum Gasteiger partial charge on any atom is -0.490 e. The number of hydrogen-bond donors (Lipinski definition) is 0. The molecule has 0 heterocycles. The quantitative estimate of drug-likeness (QED) is 0.705. The van der Waals surface area contributed by atoms with Crippen molar-refractivity contribution in [3.63, 3.8) is 0 Å². The van der Waals surface area contributed by atoms with E-state index in [1.165, 1.54) is 5.56 Å². The molecule has 0 bridgehead atoms. The molecule has 1 atom stereocenters. The zero-order chi connectivity index (χ0) is 12.1. The molecule has 0 aliphatic rings. The van der Waals surface area contributed by atoms with Crippen LogP contribution in [0.2, 0.25) is 0 Å². The van der Waals surface area contributed by atoms with E-state index < -0.39 is 0 Å². The molecule has 88 valence electrons. The average molecular weight is 220 g/mol. The van der Waals surface area contributed by atoms with E-state index >= 15 is 0 Å². The van der Waals surface area contributed by atoms with Gasteiger partial charge >= 0.3 is 0 Å². The highest BCUT2D eigenvalue weighted by Crippen LogP contribution is 2.25. The van der Waals surface area contributed by atoms with Crippen LogP contribution >= 0.6 is 0 Å². The fourth-order valence-electron chi connectivity index (χ4n) is 1.56. The minimum atomic E-state index is 0.0909. The molecule has 0 spiro atoms. The molecule has 0 amide bonds. The SMILES string of the molecule is CCC(C)c1ccc(OC(C)C)c(C=O)c1. The van der Waals surface area contributed by atoms with E-state index in [-0.39, 0.29) is 6.10 Å². The van der Waals surface area contributed by atoms with E-state index in [0.29, 0.717) is 17.2 Å². The van der Waals surface area contributed by atoms with E-state index in [0.717, 1.165) is 12.7 Å². The Kier molecular flexibility index (Phi) is 4.53. The Balaban J connectivity index is 3.01. The van der Waals surface area contributed by atoms with E-state index in [2.05, 4.69) is 13.8 Å². The number of benzene rings is 1. The summed E-state index contributed by atoms with van der Waals surface area (Å²) in [6.07, 6.45) is 2.03. The molecule has 1 aromatic rings. The monoisotopic (exact) mass is 220 g/mol. The highest BCUT2D eigenvalue weighted by Gasteiger charge is 2.09. The second kappa shape index (κ2) is 5.69. The van der Waals surface area contributed by atoms with Crippen molar-refractivity contribution in [3.05, 3.63) is 29.3 Å². The first kappa shape index (κ1) is 12.8. The van der Waals surface area contributed by atoms with Gasteiger partial charge in [0.1, 0.15) is 5.75 Å². The Hall–Kier alpha value is -1.31. The molecule has 16 heavy (non-hydrogen) atoms. The van der Waals surface area contributed by atoms with Gasteiger partial charge in [-0.3, -0.25) is 4.79 Å².